The minimum atomic E-state index is 0.275. The molecule has 1 heterocycles. The van der Waals surface area contributed by atoms with Crippen molar-refractivity contribution in [2.75, 3.05) is 6.54 Å². The van der Waals surface area contributed by atoms with E-state index >= 15 is 0 Å². The van der Waals surface area contributed by atoms with Crippen molar-refractivity contribution in [3.05, 3.63) is 0 Å². The molecule has 0 amide bonds. The third-order valence-corrected chi connectivity index (χ3v) is 1.31. The van der Waals surface area contributed by atoms with Gasteiger partial charge in [0.25, 0.3) is 0 Å². The quantitative estimate of drug-likeness (QED) is 0.607. The largest absolute Gasteiger partial charge is 0.270 e. The third-order valence-electron chi connectivity index (χ3n) is 1.31. The van der Waals surface area contributed by atoms with E-state index in [-0.39, 0.29) is 5.41 Å². The van der Waals surface area contributed by atoms with Crippen LogP contribution >= 0.6 is 0 Å². The molecule has 0 aromatic heterocycles. The first-order valence-corrected chi connectivity index (χ1v) is 3.89. The Labute approximate surface area is 67.6 Å². The van der Waals surface area contributed by atoms with Gasteiger partial charge in [-0.05, 0) is 5.41 Å². The van der Waals surface area contributed by atoms with Crippen LogP contribution in [0.3, 0.4) is 0 Å². The van der Waals surface area contributed by atoms with Gasteiger partial charge in [0.05, 0.1) is 0 Å². The molecule has 1 aliphatic heterocycles. The Bertz CT molecular complexity index is 176. The SMILES string of the molecule is CC(C)(C)CN=C1CC=NN1. The minimum absolute atomic E-state index is 0.275. The van der Waals surface area contributed by atoms with Crippen LogP contribution in [-0.2, 0) is 0 Å². The number of hydrogen-bond donors (Lipinski definition) is 1. The molecule has 0 aliphatic carbocycles. The lowest BCUT2D eigenvalue weighted by Gasteiger charge is -2.14. The van der Waals surface area contributed by atoms with Crippen molar-refractivity contribution in [1.82, 2.24) is 5.43 Å². The van der Waals surface area contributed by atoms with Gasteiger partial charge in [0.1, 0.15) is 5.84 Å². The Morgan fingerprint density at radius 3 is 2.82 bits per heavy atom. The third kappa shape index (κ3) is 3.16. The average molecular weight is 153 g/mol. The lowest BCUT2D eigenvalue weighted by atomic mass is 9.97. The number of nitrogens with zero attached hydrogens (tertiary/aromatic N) is 2. The van der Waals surface area contributed by atoms with Crippen molar-refractivity contribution < 1.29 is 0 Å². The number of nitrogens with one attached hydrogen (secondary N) is 1. The summed E-state index contributed by atoms with van der Waals surface area (Å²) in [5.74, 6) is 0.986. The molecule has 0 fully saturated rings. The van der Waals surface area contributed by atoms with E-state index in [4.69, 9.17) is 0 Å². The zero-order valence-electron chi connectivity index (χ0n) is 7.39. The van der Waals surface area contributed by atoms with Crippen LogP contribution in [0.1, 0.15) is 27.2 Å². The normalized spacial score (nSPS) is 20.8. The second-order valence-electron chi connectivity index (χ2n) is 3.95. The van der Waals surface area contributed by atoms with Gasteiger partial charge in [-0.1, -0.05) is 20.8 Å². The Morgan fingerprint density at radius 2 is 2.36 bits per heavy atom. The average Bonchev–Trinajstić information content (AvgIpc) is 2.32. The van der Waals surface area contributed by atoms with Gasteiger partial charge in [-0.2, -0.15) is 5.10 Å². The van der Waals surface area contributed by atoms with Crippen molar-refractivity contribution in [3.8, 4) is 0 Å². The molecule has 0 bridgehead atoms. The monoisotopic (exact) mass is 153 g/mol. The number of amidine groups is 1. The Morgan fingerprint density at radius 1 is 1.64 bits per heavy atom. The molecule has 0 spiro atoms. The van der Waals surface area contributed by atoms with E-state index in [1.165, 1.54) is 0 Å². The standard InChI is InChI=1S/C8H15N3/c1-8(2,3)6-9-7-4-5-10-11-7/h5H,4,6H2,1-3H3,(H,9,11). The van der Waals surface area contributed by atoms with Crippen LogP contribution < -0.4 is 5.43 Å². The van der Waals surface area contributed by atoms with Crippen LogP contribution in [0.15, 0.2) is 10.1 Å². The zero-order valence-corrected chi connectivity index (χ0v) is 7.39. The molecule has 62 valence electrons. The van der Waals surface area contributed by atoms with E-state index < -0.39 is 0 Å². The first-order valence-electron chi connectivity index (χ1n) is 3.89. The van der Waals surface area contributed by atoms with Crippen molar-refractivity contribution in [3.63, 3.8) is 0 Å². The van der Waals surface area contributed by atoms with Crippen LogP contribution in [0, 0.1) is 5.41 Å². The molecule has 1 aliphatic rings. The number of hydrazone groups is 1. The molecular weight excluding hydrogens is 138 g/mol. The van der Waals surface area contributed by atoms with Gasteiger partial charge >= 0.3 is 0 Å². The van der Waals surface area contributed by atoms with E-state index in [1.807, 2.05) is 6.21 Å². The Kier molecular flexibility index (Phi) is 2.27. The van der Waals surface area contributed by atoms with Gasteiger partial charge < -0.3 is 0 Å². The second-order valence-corrected chi connectivity index (χ2v) is 3.95. The second kappa shape index (κ2) is 3.03. The summed E-state index contributed by atoms with van der Waals surface area (Å²) in [7, 11) is 0. The maximum Gasteiger partial charge on any atom is 0.122 e. The summed E-state index contributed by atoms with van der Waals surface area (Å²) < 4.78 is 0. The molecule has 0 unspecified atom stereocenters. The highest BCUT2D eigenvalue weighted by Crippen LogP contribution is 2.12. The molecule has 11 heavy (non-hydrogen) atoms. The maximum atomic E-state index is 4.38. The van der Waals surface area contributed by atoms with Crippen LogP contribution in [0.4, 0.5) is 0 Å². The first kappa shape index (κ1) is 8.24. The predicted molar refractivity (Wildman–Crippen MR) is 48.0 cm³/mol. The van der Waals surface area contributed by atoms with Crippen molar-refractivity contribution >= 4 is 12.1 Å². The van der Waals surface area contributed by atoms with E-state index in [1.54, 1.807) is 0 Å². The number of rotatable bonds is 1. The summed E-state index contributed by atoms with van der Waals surface area (Å²) >= 11 is 0. The highest BCUT2D eigenvalue weighted by Gasteiger charge is 2.10. The molecule has 1 rings (SSSR count). The predicted octanol–water partition coefficient (Wildman–Crippen LogP) is 1.41. The van der Waals surface area contributed by atoms with Crippen molar-refractivity contribution in [1.29, 1.82) is 0 Å². The van der Waals surface area contributed by atoms with Crippen LogP contribution in [0.2, 0.25) is 0 Å². The smallest absolute Gasteiger partial charge is 0.122 e. The molecule has 3 nitrogen and oxygen atoms in total. The van der Waals surface area contributed by atoms with Crippen molar-refractivity contribution in [2.24, 2.45) is 15.5 Å². The summed E-state index contributed by atoms with van der Waals surface area (Å²) in [5, 5.41) is 3.86. The summed E-state index contributed by atoms with van der Waals surface area (Å²) in [6.45, 7) is 7.38. The van der Waals surface area contributed by atoms with Gasteiger partial charge in [0, 0.05) is 19.2 Å². The summed E-state index contributed by atoms with van der Waals surface area (Å²) in [5.41, 5.74) is 3.12. The van der Waals surface area contributed by atoms with Crippen LogP contribution in [-0.4, -0.2) is 18.6 Å². The Balaban J connectivity index is 2.36. The fourth-order valence-corrected chi connectivity index (χ4v) is 0.730. The fourth-order valence-electron chi connectivity index (χ4n) is 0.730. The lowest BCUT2D eigenvalue weighted by molar-refractivity contribution is 0.429. The van der Waals surface area contributed by atoms with Gasteiger partial charge in [-0.15, -0.1) is 0 Å². The van der Waals surface area contributed by atoms with E-state index in [0.717, 1.165) is 18.8 Å². The molecule has 0 atom stereocenters. The highest BCUT2D eigenvalue weighted by atomic mass is 15.3. The molecule has 0 radical (unpaired) electrons. The first-order chi connectivity index (χ1) is 5.08. The highest BCUT2D eigenvalue weighted by molar-refractivity contribution is 5.97. The Hall–Kier alpha value is -0.860. The van der Waals surface area contributed by atoms with Gasteiger partial charge in [0.2, 0.25) is 0 Å². The van der Waals surface area contributed by atoms with Gasteiger partial charge in [0.15, 0.2) is 0 Å². The van der Waals surface area contributed by atoms with E-state index in [9.17, 15) is 0 Å². The van der Waals surface area contributed by atoms with Crippen molar-refractivity contribution in [2.45, 2.75) is 27.2 Å². The molecule has 0 aromatic carbocycles. The molecule has 3 heteroatoms. The molecular formula is C8H15N3. The van der Waals surface area contributed by atoms with E-state index in [0.29, 0.717) is 0 Å². The summed E-state index contributed by atoms with van der Waals surface area (Å²) in [6, 6.07) is 0. The van der Waals surface area contributed by atoms with Gasteiger partial charge in [-0.25, -0.2) is 0 Å². The molecule has 1 N–H and O–H groups in total. The maximum absolute atomic E-state index is 4.38. The number of hydrogen-bond acceptors (Lipinski definition) is 2. The zero-order chi connectivity index (χ0) is 8.32. The molecule has 0 aromatic rings. The van der Waals surface area contributed by atoms with E-state index in [2.05, 4.69) is 36.3 Å². The minimum Gasteiger partial charge on any atom is -0.270 e. The number of aliphatic imine (C=N–C) groups is 1. The summed E-state index contributed by atoms with van der Waals surface area (Å²) in [6.07, 6.45) is 2.69. The lowest BCUT2D eigenvalue weighted by Crippen LogP contribution is -2.16. The molecule has 0 saturated heterocycles. The van der Waals surface area contributed by atoms with Gasteiger partial charge in [-0.3, -0.25) is 10.4 Å². The van der Waals surface area contributed by atoms with Crippen LogP contribution in [0.25, 0.3) is 0 Å². The molecule has 0 saturated carbocycles. The fraction of sp³-hybridized carbons (Fsp3) is 0.750. The summed E-state index contributed by atoms with van der Waals surface area (Å²) in [4.78, 5) is 4.38. The topological polar surface area (TPSA) is 36.8 Å². The van der Waals surface area contributed by atoms with Crippen LogP contribution in [0.5, 0.6) is 0 Å².